The summed E-state index contributed by atoms with van der Waals surface area (Å²) < 4.78 is 6.35. The summed E-state index contributed by atoms with van der Waals surface area (Å²) in [5.74, 6) is 0. The molecule has 0 radical (unpaired) electrons. The SMILES string of the molecule is c1ccc(N(c2ccc(-c3cc4ccccc4c4ccc5ccccc5c34)cc2)c2ccc3oc4ccc5ccccc5c4c3c2)cc1. The lowest BCUT2D eigenvalue weighted by Gasteiger charge is -2.26. The lowest BCUT2D eigenvalue weighted by molar-refractivity contribution is 0.669. The average molecular weight is 612 g/mol. The second kappa shape index (κ2) is 10.6. The lowest BCUT2D eigenvalue weighted by atomic mass is 9.90. The van der Waals surface area contributed by atoms with Crippen LogP contribution in [0.3, 0.4) is 0 Å². The normalized spacial score (nSPS) is 11.8. The first-order chi connectivity index (χ1) is 23.8. The van der Waals surface area contributed by atoms with Crippen LogP contribution in [0.4, 0.5) is 17.1 Å². The first-order valence-corrected chi connectivity index (χ1v) is 16.4. The molecular formula is C46H29NO. The highest BCUT2D eigenvalue weighted by Gasteiger charge is 2.18. The number of hydrogen-bond donors (Lipinski definition) is 0. The van der Waals surface area contributed by atoms with Gasteiger partial charge in [-0.25, -0.2) is 0 Å². The highest BCUT2D eigenvalue weighted by molar-refractivity contribution is 6.23. The van der Waals surface area contributed by atoms with Crippen LogP contribution in [0.5, 0.6) is 0 Å². The standard InChI is InChI=1S/C46H29NO/c1-2-13-34(14-3-1)47(36-24-27-43-42(29-36)46-39-17-9-5-11-31(39)21-26-44(46)48-43)35-22-18-32(19-23-35)41-28-33-12-6-7-15-37(33)40-25-20-30-10-4-8-16-38(30)45(40)41/h1-29H. The van der Waals surface area contributed by atoms with E-state index in [0.717, 1.165) is 39.0 Å². The Morgan fingerprint density at radius 1 is 0.333 bits per heavy atom. The number of rotatable bonds is 4. The van der Waals surface area contributed by atoms with Crippen LogP contribution in [-0.2, 0) is 0 Å². The number of hydrogen-bond acceptors (Lipinski definition) is 2. The molecule has 1 heterocycles. The van der Waals surface area contributed by atoms with Gasteiger partial charge in [0.05, 0.1) is 0 Å². The van der Waals surface area contributed by atoms with Crippen molar-refractivity contribution in [2.45, 2.75) is 0 Å². The van der Waals surface area contributed by atoms with Gasteiger partial charge in [0.15, 0.2) is 0 Å². The van der Waals surface area contributed by atoms with Gasteiger partial charge in [-0.05, 0) is 109 Å². The topological polar surface area (TPSA) is 16.4 Å². The molecule has 10 rings (SSSR count). The van der Waals surface area contributed by atoms with E-state index in [1.807, 2.05) is 0 Å². The van der Waals surface area contributed by atoms with Gasteiger partial charge >= 0.3 is 0 Å². The number of fused-ring (bicyclic) bond motifs is 10. The smallest absolute Gasteiger partial charge is 0.136 e. The Labute approximate surface area is 277 Å². The molecule has 224 valence electrons. The molecule has 0 aliphatic carbocycles. The van der Waals surface area contributed by atoms with E-state index in [9.17, 15) is 0 Å². The van der Waals surface area contributed by atoms with Crippen LogP contribution in [0.1, 0.15) is 0 Å². The largest absolute Gasteiger partial charge is 0.456 e. The van der Waals surface area contributed by atoms with Gasteiger partial charge in [-0.15, -0.1) is 0 Å². The third-order valence-corrected chi connectivity index (χ3v) is 9.80. The van der Waals surface area contributed by atoms with Crippen molar-refractivity contribution in [3.05, 3.63) is 176 Å². The van der Waals surface area contributed by atoms with Crippen molar-refractivity contribution < 1.29 is 4.42 Å². The molecule has 0 N–H and O–H groups in total. The zero-order valence-electron chi connectivity index (χ0n) is 26.1. The molecule has 10 aromatic rings. The maximum atomic E-state index is 6.35. The van der Waals surface area contributed by atoms with Crippen LogP contribution >= 0.6 is 0 Å². The average Bonchev–Trinajstić information content (AvgIpc) is 3.54. The molecular weight excluding hydrogens is 583 g/mol. The number of anilines is 3. The molecule has 1 aromatic heterocycles. The Balaban J connectivity index is 1.16. The number of para-hydroxylation sites is 1. The van der Waals surface area contributed by atoms with Gasteiger partial charge in [-0.2, -0.15) is 0 Å². The Morgan fingerprint density at radius 3 is 1.69 bits per heavy atom. The maximum Gasteiger partial charge on any atom is 0.136 e. The summed E-state index contributed by atoms with van der Waals surface area (Å²) in [6.07, 6.45) is 0. The second-order valence-corrected chi connectivity index (χ2v) is 12.5. The van der Waals surface area contributed by atoms with E-state index >= 15 is 0 Å². The summed E-state index contributed by atoms with van der Waals surface area (Å²) in [5, 5.41) is 12.3. The highest BCUT2D eigenvalue weighted by Crippen LogP contribution is 2.43. The molecule has 0 saturated heterocycles. The minimum absolute atomic E-state index is 0.892. The molecule has 0 fully saturated rings. The van der Waals surface area contributed by atoms with E-state index in [-0.39, 0.29) is 0 Å². The Hall–Kier alpha value is -6.38. The number of furan rings is 1. The second-order valence-electron chi connectivity index (χ2n) is 12.5. The fourth-order valence-corrected chi connectivity index (χ4v) is 7.60. The van der Waals surface area contributed by atoms with E-state index in [0.29, 0.717) is 0 Å². The summed E-state index contributed by atoms with van der Waals surface area (Å²) in [5.41, 5.74) is 7.52. The predicted octanol–water partition coefficient (Wildman–Crippen LogP) is 13.3. The molecule has 2 heteroatoms. The molecule has 0 atom stereocenters. The zero-order valence-corrected chi connectivity index (χ0v) is 26.1. The zero-order chi connectivity index (χ0) is 31.6. The first-order valence-electron chi connectivity index (χ1n) is 16.4. The van der Waals surface area contributed by atoms with Crippen molar-refractivity contribution in [2.75, 3.05) is 4.90 Å². The molecule has 0 spiro atoms. The first kappa shape index (κ1) is 26.8. The minimum Gasteiger partial charge on any atom is -0.456 e. The van der Waals surface area contributed by atoms with Gasteiger partial charge in [-0.1, -0.05) is 121 Å². The molecule has 0 aliphatic rings. The van der Waals surface area contributed by atoms with E-state index in [2.05, 4.69) is 181 Å². The number of benzene rings is 9. The highest BCUT2D eigenvalue weighted by atomic mass is 16.3. The van der Waals surface area contributed by atoms with E-state index < -0.39 is 0 Å². The molecule has 0 aliphatic heterocycles. The quantitative estimate of drug-likeness (QED) is 0.184. The van der Waals surface area contributed by atoms with E-state index in [4.69, 9.17) is 4.42 Å². The molecule has 9 aromatic carbocycles. The van der Waals surface area contributed by atoms with Crippen LogP contribution in [0.25, 0.3) is 76.2 Å². The Bertz CT molecular complexity index is 2830. The van der Waals surface area contributed by atoms with Gasteiger partial charge in [0.25, 0.3) is 0 Å². The third-order valence-electron chi connectivity index (χ3n) is 9.80. The monoisotopic (exact) mass is 611 g/mol. The van der Waals surface area contributed by atoms with Crippen LogP contribution in [0.15, 0.2) is 180 Å². The van der Waals surface area contributed by atoms with Crippen LogP contribution in [0.2, 0.25) is 0 Å². The molecule has 0 amide bonds. The number of nitrogens with zero attached hydrogens (tertiary/aromatic N) is 1. The Kier molecular flexibility index (Phi) is 5.91. The van der Waals surface area contributed by atoms with Crippen molar-refractivity contribution in [3.8, 4) is 11.1 Å². The van der Waals surface area contributed by atoms with Crippen molar-refractivity contribution in [1.29, 1.82) is 0 Å². The van der Waals surface area contributed by atoms with Crippen LogP contribution in [0, 0.1) is 0 Å². The van der Waals surface area contributed by atoms with Gasteiger partial charge in [0.1, 0.15) is 11.2 Å². The van der Waals surface area contributed by atoms with Crippen molar-refractivity contribution in [1.82, 2.24) is 0 Å². The fourth-order valence-electron chi connectivity index (χ4n) is 7.60. The van der Waals surface area contributed by atoms with Crippen molar-refractivity contribution >= 4 is 82.1 Å². The Morgan fingerprint density at radius 2 is 0.917 bits per heavy atom. The summed E-state index contributed by atoms with van der Waals surface area (Å²) in [7, 11) is 0. The maximum absolute atomic E-state index is 6.35. The van der Waals surface area contributed by atoms with E-state index in [1.165, 1.54) is 54.2 Å². The summed E-state index contributed by atoms with van der Waals surface area (Å²) in [6, 6.07) is 63.3. The van der Waals surface area contributed by atoms with Crippen molar-refractivity contribution in [2.24, 2.45) is 0 Å². The minimum atomic E-state index is 0.892. The van der Waals surface area contributed by atoms with E-state index in [1.54, 1.807) is 0 Å². The molecule has 0 bridgehead atoms. The summed E-state index contributed by atoms with van der Waals surface area (Å²) in [6.45, 7) is 0. The summed E-state index contributed by atoms with van der Waals surface area (Å²) in [4.78, 5) is 2.33. The van der Waals surface area contributed by atoms with Crippen LogP contribution in [-0.4, -0.2) is 0 Å². The lowest BCUT2D eigenvalue weighted by Crippen LogP contribution is -2.09. The van der Waals surface area contributed by atoms with Gasteiger partial charge in [0.2, 0.25) is 0 Å². The molecule has 2 nitrogen and oxygen atoms in total. The van der Waals surface area contributed by atoms with Gasteiger partial charge in [-0.3, -0.25) is 0 Å². The summed E-state index contributed by atoms with van der Waals surface area (Å²) >= 11 is 0. The van der Waals surface area contributed by atoms with Gasteiger partial charge < -0.3 is 9.32 Å². The fraction of sp³-hybridized carbons (Fsp3) is 0. The predicted molar refractivity (Wildman–Crippen MR) is 204 cm³/mol. The van der Waals surface area contributed by atoms with Gasteiger partial charge in [0, 0.05) is 27.8 Å². The van der Waals surface area contributed by atoms with Crippen molar-refractivity contribution in [3.63, 3.8) is 0 Å². The molecule has 0 unspecified atom stereocenters. The molecule has 0 saturated carbocycles. The van der Waals surface area contributed by atoms with Crippen LogP contribution < -0.4 is 4.90 Å². The third kappa shape index (κ3) is 4.13. The molecule has 48 heavy (non-hydrogen) atoms.